The van der Waals surface area contributed by atoms with E-state index in [4.69, 9.17) is 9.97 Å². The molecule has 0 fully saturated rings. The van der Waals surface area contributed by atoms with E-state index in [1.165, 1.54) is 48.8 Å². The summed E-state index contributed by atoms with van der Waals surface area (Å²) >= 11 is 0. The van der Waals surface area contributed by atoms with E-state index >= 15 is 0 Å². The van der Waals surface area contributed by atoms with Crippen molar-refractivity contribution < 1.29 is 0 Å². The number of hydrogen-bond donors (Lipinski definition) is 0. The van der Waals surface area contributed by atoms with Crippen molar-refractivity contribution in [3.63, 3.8) is 0 Å². The molecular formula is C49H31N3. The summed E-state index contributed by atoms with van der Waals surface area (Å²) in [5.41, 5.74) is 9.41. The van der Waals surface area contributed by atoms with Crippen LogP contribution in [0.15, 0.2) is 188 Å². The Morgan fingerprint density at radius 2 is 0.769 bits per heavy atom. The number of rotatable bonds is 5. The number of nitrogens with zero attached hydrogens (tertiary/aromatic N) is 3. The number of aromatic nitrogens is 3. The summed E-state index contributed by atoms with van der Waals surface area (Å²) in [6.45, 7) is 0. The van der Waals surface area contributed by atoms with E-state index in [9.17, 15) is 0 Å². The Morgan fingerprint density at radius 1 is 0.288 bits per heavy atom. The van der Waals surface area contributed by atoms with Gasteiger partial charge in [0, 0.05) is 40.0 Å². The lowest BCUT2D eigenvalue weighted by Gasteiger charge is -2.13. The van der Waals surface area contributed by atoms with Crippen molar-refractivity contribution in [1.29, 1.82) is 0 Å². The SMILES string of the molecule is c1ccc(-c2nc(-c3ccc(-c4ccc5c6ccccc6c6ccccc6c5c4)cc3)cc(-c3ccc(-c4cncc5ccccc45)cc3)n2)cc1. The minimum Gasteiger partial charge on any atom is -0.263 e. The standard InChI is InChI=1S/C49H31N3/c1-2-10-36(11-3-1)49-51-47(29-48(52-49)35-24-20-33(21-25-35)46-31-50-30-38-12-4-5-13-39(38)46)34-22-18-32(19-23-34)37-26-27-44-42-16-7-6-14-40(42)41-15-8-9-17-43(41)45(44)28-37/h1-31H. The van der Waals surface area contributed by atoms with Crippen molar-refractivity contribution in [3.8, 4) is 56.2 Å². The van der Waals surface area contributed by atoms with Crippen LogP contribution in [0.5, 0.6) is 0 Å². The Hall–Kier alpha value is -6.97. The molecule has 8 aromatic carbocycles. The minimum atomic E-state index is 0.702. The maximum Gasteiger partial charge on any atom is 0.160 e. The van der Waals surface area contributed by atoms with Gasteiger partial charge in [0.05, 0.1) is 11.4 Å². The first-order valence-corrected chi connectivity index (χ1v) is 17.6. The second kappa shape index (κ2) is 12.4. The highest BCUT2D eigenvalue weighted by Gasteiger charge is 2.13. The summed E-state index contributed by atoms with van der Waals surface area (Å²) in [6, 6.07) is 62.4. The summed E-state index contributed by atoms with van der Waals surface area (Å²) in [7, 11) is 0. The molecule has 0 bridgehead atoms. The Morgan fingerprint density at radius 3 is 1.40 bits per heavy atom. The maximum absolute atomic E-state index is 5.09. The van der Waals surface area contributed by atoms with Crippen molar-refractivity contribution >= 4 is 43.1 Å². The molecule has 10 rings (SSSR count). The Kier molecular flexibility index (Phi) is 7.14. The quantitative estimate of drug-likeness (QED) is 0.172. The fourth-order valence-corrected chi connectivity index (χ4v) is 7.55. The van der Waals surface area contributed by atoms with Gasteiger partial charge in [0.25, 0.3) is 0 Å². The largest absolute Gasteiger partial charge is 0.263 e. The molecular weight excluding hydrogens is 631 g/mol. The molecule has 0 N–H and O–H groups in total. The van der Waals surface area contributed by atoms with E-state index in [0.717, 1.165) is 44.6 Å². The smallest absolute Gasteiger partial charge is 0.160 e. The van der Waals surface area contributed by atoms with Crippen LogP contribution in [0, 0.1) is 0 Å². The van der Waals surface area contributed by atoms with Gasteiger partial charge in [0.15, 0.2) is 5.82 Å². The molecule has 3 heteroatoms. The highest BCUT2D eigenvalue weighted by atomic mass is 14.9. The Balaban J connectivity index is 1.04. The van der Waals surface area contributed by atoms with E-state index in [1.54, 1.807) is 0 Å². The molecule has 0 unspecified atom stereocenters. The number of pyridine rings is 1. The molecule has 0 saturated heterocycles. The highest BCUT2D eigenvalue weighted by molar-refractivity contribution is 6.25. The third-order valence-corrected chi connectivity index (χ3v) is 10.2. The molecule has 0 amide bonds. The summed E-state index contributed by atoms with van der Waals surface area (Å²) < 4.78 is 0. The monoisotopic (exact) mass is 661 g/mol. The van der Waals surface area contributed by atoms with Gasteiger partial charge in [0.1, 0.15) is 0 Å². The van der Waals surface area contributed by atoms with Gasteiger partial charge >= 0.3 is 0 Å². The first kappa shape index (κ1) is 29.9. The van der Waals surface area contributed by atoms with Crippen LogP contribution in [0.1, 0.15) is 0 Å². The van der Waals surface area contributed by atoms with Crippen LogP contribution in [-0.2, 0) is 0 Å². The highest BCUT2D eigenvalue weighted by Crippen LogP contribution is 2.38. The van der Waals surface area contributed by atoms with Gasteiger partial charge in [-0.05, 0) is 66.5 Å². The van der Waals surface area contributed by atoms with Crippen molar-refractivity contribution in [2.24, 2.45) is 0 Å². The van der Waals surface area contributed by atoms with Crippen LogP contribution in [0.2, 0.25) is 0 Å². The first-order valence-electron chi connectivity index (χ1n) is 17.6. The molecule has 10 aromatic rings. The third-order valence-electron chi connectivity index (χ3n) is 10.2. The van der Waals surface area contributed by atoms with Gasteiger partial charge in [-0.25, -0.2) is 9.97 Å². The summed E-state index contributed by atoms with van der Waals surface area (Å²) in [4.78, 5) is 14.7. The molecule has 0 atom stereocenters. The predicted octanol–water partition coefficient (Wildman–Crippen LogP) is 12.8. The molecule has 0 aliphatic carbocycles. The Labute approximate surface area is 301 Å². The molecule has 0 spiro atoms. The number of hydrogen-bond acceptors (Lipinski definition) is 3. The lowest BCUT2D eigenvalue weighted by Crippen LogP contribution is -1.96. The average Bonchev–Trinajstić information content (AvgIpc) is 3.23. The van der Waals surface area contributed by atoms with Crippen LogP contribution < -0.4 is 0 Å². The minimum absolute atomic E-state index is 0.702. The fraction of sp³-hybridized carbons (Fsp3) is 0. The van der Waals surface area contributed by atoms with E-state index in [0.29, 0.717) is 5.82 Å². The topological polar surface area (TPSA) is 38.7 Å². The fourth-order valence-electron chi connectivity index (χ4n) is 7.55. The van der Waals surface area contributed by atoms with Crippen LogP contribution in [0.4, 0.5) is 0 Å². The van der Waals surface area contributed by atoms with Gasteiger partial charge in [0.2, 0.25) is 0 Å². The van der Waals surface area contributed by atoms with E-state index in [-0.39, 0.29) is 0 Å². The van der Waals surface area contributed by atoms with Crippen molar-refractivity contribution in [2.75, 3.05) is 0 Å². The summed E-state index contributed by atoms with van der Waals surface area (Å²) in [5, 5.41) is 10.0. The number of benzene rings is 8. The molecule has 0 radical (unpaired) electrons. The second-order valence-electron chi connectivity index (χ2n) is 13.2. The molecule has 2 aromatic heterocycles. The van der Waals surface area contributed by atoms with Gasteiger partial charge in [-0.3, -0.25) is 4.98 Å². The lowest BCUT2D eigenvalue weighted by molar-refractivity contribution is 1.18. The van der Waals surface area contributed by atoms with Crippen molar-refractivity contribution in [3.05, 3.63) is 188 Å². The third kappa shape index (κ3) is 5.19. The normalized spacial score (nSPS) is 11.5. The zero-order valence-electron chi connectivity index (χ0n) is 28.2. The molecule has 0 aliphatic rings. The summed E-state index contributed by atoms with van der Waals surface area (Å²) in [6.07, 6.45) is 3.86. The van der Waals surface area contributed by atoms with Crippen LogP contribution in [0.3, 0.4) is 0 Å². The van der Waals surface area contributed by atoms with Gasteiger partial charge in [-0.2, -0.15) is 0 Å². The summed E-state index contributed by atoms with van der Waals surface area (Å²) in [5.74, 6) is 0.702. The van der Waals surface area contributed by atoms with Crippen molar-refractivity contribution in [1.82, 2.24) is 15.0 Å². The van der Waals surface area contributed by atoms with Crippen LogP contribution >= 0.6 is 0 Å². The molecule has 3 nitrogen and oxygen atoms in total. The van der Waals surface area contributed by atoms with Gasteiger partial charge in [-0.1, -0.05) is 164 Å². The van der Waals surface area contributed by atoms with E-state index in [1.807, 2.05) is 36.7 Å². The maximum atomic E-state index is 5.09. The molecule has 2 heterocycles. The zero-order chi connectivity index (χ0) is 34.4. The molecule has 0 aliphatic heterocycles. The van der Waals surface area contributed by atoms with Crippen LogP contribution in [-0.4, -0.2) is 15.0 Å². The Bertz CT molecular complexity index is 2890. The predicted molar refractivity (Wildman–Crippen MR) is 217 cm³/mol. The average molecular weight is 662 g/mol. The zero-order valence-corrected chi connectivity index (χ0v) is 28.2. The van der Waals surface area contributed by atoms with Gasteiger partial charge in [-0.15, -0.1) is 0 Å². The van der Waals surface area contributed by atoms with Crippen molar-refractivity contribution in [2.45, 2.75) is 0 Å². The van der Waals surface area contributed by atoms with E-state index < -0.39 is 0 Å². The molecule has 52 heavy (non-hydrogen) atoms. The molecule has 0 saturated carbocycles. The second-order valence-corrected chi connectivity index (χ2v) is 13.2. The lowest BCUT2D eigenvalue weighted by atomic mass is 9.92. The first-order chi connectivity index (χ1) is 25.8. The van der Waals surface area contributed by atoms with Crippen LogP contribution in [0.25, 0.3) is 99.2 Å². The van der Waals surface area contributed by atoms with E-state index in [2.05, 4.69) is 157 Å². The van der Waals surface area contributed by atoms with Gasteiger partial charge < -0.3 is 0 Å². The number of fused-ring (bicyclic) bond motifs is 7. The molecule has 242 valence electrons.